The maximum atomic E-state index is 12.9. The molecule has 0 radical (unpaired) electrons. The number of ether oxygens (including phenoxy) is 1. The van der Waals surface area contributed by atoms with Gasteiger partial charge < -0.3 is 10.5 Å². The molecule has 0 aliphatic heterocycles. The van der Waals surface area contributed by atoms with Gasteiger partial charge in [-0.1, -0.05) is 11.6 Å². The number of benzene rings is 1. The molecule has 0 spiro atoms. The number of hydrogen-bond acceptors (Lipinski definition) is 3. The van der Waals surface area contributed by atoms with Gasteiger partial charge in [-0.15, -0.1) is 0 Å². The van der Waals surface area contributed by atoms with Gasteiger partial charge in [0.15, 0.2) is 0 Å². The topological polar surface area (TPSA) is 48.1 Å². The third kappa shape index (κ3) is 3.07. The summed E-state index contributed by atoms with van der Waals surface area (Å²) in [5.41, 5.74) is 6.93. The molecule has 2 aromatic rings. The van der Waals surface area contributed by atoms with Crippen LogP contribution in [0, 0.1) is 5.82 Å². The highest BCUT2D eigenvalue weighted by molar-refractivity contribution is 6.30. The van der Waals surface area contributed by atoms with Crippen LogP contribution in [0.2, 0.25) is 5.02 Å². The minimum Gasteiger partial charge on any atom is -0.487 e. The number of anilines is 1. The van der Waals surface area contributed by atoms with Crippen LogP contribution >= 0.6 is 11.6 Å². The lowest BCUT2D eigenvalue weighted by atomic mass is 10.3. The van der Waals surface area contributed by atoms with Crippen LogP contribution in [0.4, 0.5) is 10.1 Å². The van der Waals surface area contributed by atoms with Gasteiger partial charge in [-0.05, 0) is 24.3 Å². The van der Waals surface area contributed by atoms with Crippen molar-refractivity contribution in [1.82, 2.24) is 4.98 Å². The molecule has 0 saturated carbocycles. The molecule has 0 atom stereocenters. The standard InChI is InChI=1S/C12H10ClFN2O/c13-11-6-10(1-2-12(11)14)17-7-9-5-8(15)3-4-16-9/h1-6H,7H2,(H2,15,16). The Morgan fingerprint density at radius 1 is 1.29 bits per heavy atom. The van der Waals surface area contributed by atoms with Crippen molar-refractivity contribution in [3.8, 4) is 5.75 Å². The molecule has 2 rings (SSSR count). The molecule has 0 bridgehead atoms. The maximum absolute atomic E-state index is 12.9. The van der Waals surface area contributed by atoms with E-state index < -0.39 is 5.82 Å². The summed E-state index contributed by atoms with van der Waals surface area (Å²) in [7, 11) is 0. The molecule has 0 fully saturated rings. The van der Waals surface area contributed by atoms with Crippen LogP contribution in [0.1, 0.15) is 5.69 Å². The van der Waals surface area contributed by atoms with Gasteiger partial charge in [0.25, 0.3) is 0 Å². The summed E-state index contributed by atoms with van der Waals surface area (Å²) in [6.45, 7) is 0.257. The second kappa shape index (κ2) is 5.01. The fourth-order valence-electron chi connectivity index (χ4n) is 1.30. The van der Waals surface area contributed by atoms with Gasteiger partial charge in [0.05, 0.1) is 10.7 Å². The van der Waals surface area contributed by atoms with Crippen LogP contribution in [-0.2, 0) is 6.61 Å². The summed E-state index contributed by atoms with van der Waals surface area (Å²) in [4.78, 5) is 4.08. The zero-order valence-electron chi connectivity index (χ0n) is 8.86. The molecule has 2 N–H and O–H groups in total. The Morgan fingerprint density at radius 2 is 2.12 bits per heavy atom. The van der Waals surface area contributed by atoms with Crippen molar-refractivity contribution in [1.29, 1.82) is 0 Å². The normalized spacial score (nSPS) is 10.2. The Kier molecular flexibility index (Phi) is 3.44. The molecule has 0 saturated heterocycles. The number of rotatable bonds is 3. The Balaban J connectivity index is 2.05. The van der Waals surface area contributed by atoms with E-state index in [4.69, 9.17) is 22.1 Å². The van der Waals surface area contributed by atoms with Gasteiger partial charge in [0, 0.05) is 18.0 Å². The van der Waals surface area contributed by atoms with E-state index in [1.54, 1.807) is 18.3 Å². The summed E-state index contributed by atoms with van der Waals surface area (Å²) >= 11 is 5.63. The van der Waals surface area contributed by atoms with Crippen LogP contribution < -0.4 is 10.5 Å². The number of halogens is 2. The summed E-state index contributed by atoms with van der Waals surface area (Å²) in [5, 5.41) is 0.0306. The first-order valence-corrected chi connectivity index (χ1v) is 5.31. The second-order valence-corrected chi connectivity index (χ2v) is 3.85. The third-order valence-electron chi connectivity index (χ3n) is 2.12. The van der Waals surface area contributed by atoms with Crippen molar-refractivity contribution in [2.75, 3.05) is 5.73 Å². The molecule has 1 aromatic heterocycles. The molecule has 0 unspecified atom stereocenters. The summed E-state index contributed by atoms with van der Waals surface area (Å²) < 4.78 is 18.3. The molecular formula is C12H10ClFN2O. The minimum absolute atomic E-state index is 0.0306. The van der Waals surface area contributed by atoms with Crippen molar-refractivity contribution in [3.63, 3.8) is 0 Å². The second-order valence-electron chi connectivity index (χ2n) is 3.45. The number of aromatic nitrogens is 1. The van der Waals surface area contributed by atoms with E-state index in [-0.39, 0.29) is 11.6 Å². The average molecular weight is 253 g/mol. The van der Waals surface area contributed by atoms with Gasteiger partial charge in [0.1, 0.15) is 18.2 Å². The lowest BCUT2D eigenvalue weighted by molar-refractivity contribution is 0.301. The molecular weight excluding hydrogens is 243 g/mol. The van der Waals surface area contributed by atoms with E-state index in [9.17, 15) is 4.39 Å². The van der Waals surface area contributed by atoms with Gasteiger partial charge in [-0.2, -0.15) is 0 Å². The van der Waals surface area contributed by atoms with E-state index >= 15 is 0 Å². The number of nitrogens with two attached hydrogens (primary N) is 1. The minimum atomic E-state index is -0.471. The molecule has 1 aromatic carbocycles. The molecule has 17 heavy (non-hydrogen) atoms. The van der Waals surface area contributed by atoms with Crippen molar-refractivity contribution in [2.24, 2.45) is 0 Å². The fraction of sp³-hybridized carbons (Fsp3) is 0.0833. The number of nitrogen functional groups attached to an aromatic ring is 1. The highest BCUT2D eigenvalue weighted by Gasteiger charge is 2.02. The van der Waals surface area contributed by atoms with Crippen molar-refractivity contribution >= 4 is 17.3 Å². The molecule has 5 heteroatoms. The first kappa shape index (κ1) is 11.7. The summed E-state index contributed by atoms with van der Waals surface area (Å²) in [6.07, 6.45) is 1.60. The van der Waals surface area contributed by atoms with E-state index in [0.717, 1.165) is 0 Å². The molecule has 88 valence electrons. The molecule has 0 aliphatic rings. The highest BCUT2D eigenvalue weighted by Crippen LogP contribution is 2.21. The van der Waals surface area contributed by atoms with Crippen LogP contribution in [-0.4, -0.2) is 4.98 Å². The van der Waals surface area contributed by atoms with Gasteiger partial charge in [-0.3, -0.25) is 4.98 Å². The first-order valence-electron chi connectivity index (χ1n) is 4.93. The van der Waals surface area contributed by atoms with Crippen LogP contribution in [0.25, 0.3) is 0 Å². The predicted octanol–water partition coefficient (Wildman–Crippen LogP) is 3.04. The lowest BCUT2D eigenvalue weighted by Crippen LogP contribution is -1.99. The largest absolute Gasteiger partial charge is 0.487 e. The van der Waals surface area contributed by atoms with E-state index in [1.807, 2.05) is 0 Å². The Labute approximate surface area is 103 Å². The highest BCUT2D eigenvalue weighted by atomic mass is 35.5. The smallest absolute Gasteiger partial charge is 0.142 e. The zero-order chi connectivity index (χ0) is 12.3. The van der Waals surface area contributed by atoms with Crippen molar-refractivity contribution in [2.45, 2.75) is 6.61 Å². The van der Waals surface area contributed by atoms with Crippen LogP contribution in [0.3, 0.4) is 0 Å². The number of hydrogen-bond donors (Lipinski definition) is 1. The first-order chi connectivity index (χ1) is 8.15. The number of pyridine rings is 1. The third-order valence-corrected chi connectivity index (χ3v) is 2.41. The van der Waals surface area contributed by atoms with E-state index in [1.165, 1.54) is 18.2 Å². The maximum Gasteiger partial charge on any atom is 0.142 e. The van der Waals surface area contributed by atoms with Crippen molar-refractivity contribution in [3.05, 3.63) is 53.1 Å². The van der Waals surface area contributed by atoms with Gasteiger partial charge in [0.2, 0.25) is 0 Å². The Bertz CT molecular complexity index is 534. The SMILES string of the molecule is Nc1ccnc(COc2ccc(F)c(Cl)c2)c1. The van der Waals surface area contributed by atoms with Crippen LogP contribution in [0.15, 0.2) is 36.5 Å². The molecule has 3 nitrogen and oxygen atoms in total. The number of nitrogens with zero attached hydrogens (tertiary/aromatic N) is 1. The molecule has 1 heterocycles. The monoisotopic (exact) mass is 252 g/mol. The lowest BCUT2D eigenvalue weighted by Gasteiger charge is -2.06. The Morgan fingerprint density at radius 3 is 2.82 bits per heavy atom. The van der Waals surface area contributed by atoms with E-state index in [2.05, 4.69) is 4.98 Å². The Hall–Kier alpha value is -1.81. The van der Waals surface area contributed by atoms with E-state index in [0.29, 0.717) is 17.1 Å². The summed E-state index contributed by atoms with van der Waals surface area (Å²) in [6, 6.07) is 7.59. The average Bonchev–Trinajstić information content (AvgIpc) is 2.31. The fourth-order valence-corrected chi connectivity index (χ4v) is 1.47. The van der Waals surface area contributed by atoms with Crippen molar-refractivity contribution < 1.29 is 9.13 Å². The predicted molar refractivity (Wildman–Crippen MR) is 64.4 cm³/mol. The summed E-state index contributed by atoms with van der Waals surface area (Å²) in [5.74, 6) is 0.0155. The molecule has 0 amide bonds. The van der Waals surface area contributed by atoms with Crippen LogP contribution in [0.5, 0.6) is 5.75 Å². The van der Waals surface area contributed by atoms with Gasteiger partial charge in [-0.25, -0.2) is 4.39 Å². The molecule has 0 aliphatic carbocycles. The van der Waals surface area contributed by atoms with Gasteiger partial charge >= 0.3 is 0 Å². The zero-order valence-corrected chi connectivity index (χ0v) is 9.62. The quantitative estimate of drug-likeness (QED) is 0.913.